The Bertz CT molecular complexity index is 550. The van der Waals surface area contributed by atoms with Gasteiger partial charge >= 0.3 is 0 Å². The van der Waals surface area contributed by atoms with Crippen LogP contribution in [0.4, 0.5) is 11.4 Å². The number of hydrogen-bond donors (Lipinski definition) is 2. The largest absolute Gasteiger partial charge is 0.327 e. The lowest BCUT2D eigenvalue weighted by atomic mass is 10.0. The second-order valence-electron chi connectivity index (χ2n) is 5.60. The van der Waals surface area contributed by atoms with E-state index in [1.165, 1.54) is 29.5 Å². The highest BCUT2D eigenvalue weighted by atomic mass is 35.5. The van der Waals surface area contributed by atoms with E-state index < -0.39 is 4.92 Å². The molecule has 1 heterocycles. The van der Waals surface area contributed by atoms with Crippen molar-refractivity contribution in [3.63, 3.8) is 0 Å². The molecule has 1 aliphatic heterocycles. The molecule has 1 aromatic carbocycles. The summed E-state index contributed by atoms with van der Waals surface area (Å²) >= 11 is 5.75. The van der Waals surface area contributed by atoms with Gasteiger partial charge in [0, 0.05) is 17.0 Å². The summed E-state index contributed by atoms with van der Waals surface area (Å²) in [6, 6.07) is 4.24. The van der Waals surface area contributed by atoms with Crippen LogP contribution in [0, 0.1) is 16.0 Å². The first kappa shape index (κ1) is 15.7. The highest BCUT2D eigenvalue weighted by molar-refractivity contribution is 6.31. The van der Waals surface area contributed by atoms with Crippen LogP contribution in [0.25, 0.3) is 0 Å². The highest BCUT2D eigenvalue weighted by Gasteiger charge is 2.23. The number of nitrogens with zero attached hydrogens (tertiary/aromatic N) is 1. The van der Waals surface area contributed by atoms with Crippen molar-refractivity contribution in [3.8, 4) is 0 Å². The minimum absolute atomic E-state index is 0.183. The lowest BCUT2D eigenvalue weighted by molar-refractivity contribution is -0.900. The molecule has 114 valence electrons. The molecule has 0 bridgehead atoms. The molecule has 1 aliphatic rings. The Hall–Kier alpha value is -1.66. The predicted molar refractivity (Wildman–Crippen MR) is 80.7 cm³/mol. The average Bonchev–Trinajstić information content (AvgIpc) is 2.40. The zero-order valence-electron chi connectivity index (χ0n) is 11.9. The normalized spacial score (nSPS) is 21.8. The molecule has 21 heavy (non-hydrogen) atoms. The van der Waals surface area contributed by atoms with Crippen molar-refractivity contribution in [1.82, 2.24) is 0 Å². The van der Waals surface area contributed by atoms with E-state index in [0.717, 1.165) is 19.5 Å². The third-order valence-electron chi connectivity index (χ3n) is 3.71. The number of halogens is 1. The van der Waals surface area contributed by atoms with E-state index in [9.17, 15) is 14.9 Å². The van der Waals surface area contributed by atoms with Gasteiger partial charge in [0.25, 0.3) is 11.6 Å². The van der Waals surface area contributed by atoms with Crippen molar-refractivity contribution in [2.45, 2.75) is 19.8 Å². The first-order valence-electron chi connectivity index (χ1n) is 7.03. The maximum atomic E-state index is 12.1. The Morgan fingerprint density at radius 1 is 1.57 bits per heavy atom. The van der Waals surface area contributed by atoms with Crippen molar-refractivity contribution >= 4 is 28.9 Å². The van der Waals surface area contributed by atoms with Gasteiger partial charge in [0.15, 0.2) is 6.54 Å². The van der Waals surface area contributed by atoms with Crippen LogP contribution in [0.15, 0.2) is 18.2 Å². The summed E-state index contributed by atoms with van der Waals surface area (Å²) in [7, 11) is 0. The molecule has 1 aromatic rings. The average molecular weight is 313 g/mol. The summed E-state index contributed by atoms with van der Waals surface area (Å²) in [4.78, 5) is 23.7. The molecular formula is C14H19ClN3O3+. The van der Waals surface area contributed by atoms with Gasteiger partial charge < -0.3 is 10.2 Å². The number of piperidine rings is 1. The molecule has 7 heteroatoms. The van der Waals surface area contributed by atoms with Crippen molar-refractivity contribution < 1.29 is 14.6 Å². The number of nitro benzene ring substituents is 1. The van der Waals surface area contributed by atoms with Gasteiger partial charge in [0.1, 0.15) is 5.69 Å². The number of anilines is 1. The SMILES string of the molecule is C[C@@H]1CCC[NH+](CC(=O)Nc2ccc(Cl)cc2[N+](=O)[O-])C1. The van der Waals surface area contributed by atoms with Crippen molar-refractivity contribution in [2.75, 3.05) is 25.0 Å². The highest BCUT2D eigenvalue weighted by Crippen LogP contribution is 2.27. The summed E-state index contributed by atoms with van der Waals surface area (Å²) in [5, 5.41) is 13.9. The first-order valence-corrected chi connectivity index (χ1v) is 7.41. The standard InChI is InChI=1S/C14H18ClN3O3/c1-10-3-2-6-17(8-10)9-14(19)16-12-5-4-11(15)7-13(12)18(20)21/h4-5,7,10H,2-3,6,8-9H2,1H3,(H,16,19)/p+1/t10-/m1/s1. The van der Waals surface area contributed by atoms with Gasteiger partial charge in [-0.1, -0.05) is 18.5 Å². The zero-order chi connectivity index (χ0) is 15.4. The van der Waals surface area contributed by atoms with E-state index in [1.54, 1.807) is 0 Å². The van der Waals surface area contributed by atoms with E-state index in [2.05, 4.69) is 12.2 Å². The molecule has 1 fully saturated rings. The quantitative estimate of drug-likeness (QED) is 0.653. The maximum absolute atomic E-state index is 12.1. The summed E-state index contributed by atoms with van der Waals surface area (Å²) in [6.07, 6.45) is 2.32. The van der Waals surface area contributed by atoms with Gasteiger partial charge in [-0.05, 0) is 25.0 Å². The second-order valence-corrected chi connectivity index (χ2v) is 6.03. The molecule has 2 atom stereocenters. The molecule has 0 aromatic heterocycles. The number of nitro groups is 1. The fourth-order valence-corrected chi connectivity index (χ4v) is 2.91. The number of carbonyl (C=O) groups excluding carboxylic acids is 1. The first-order chi connectivity index (χ1) is 9.95. The minimum atomic E-state index is -0.544. The van der Waals surface area contributed by atoms with Gasteiger partial charge in [-0.3, -0.25) is 14.9 Å². The molecule has 1 amide bonds. The van der Waals surface area contributed by atoms with Crippen molar-refractivity contribution in [3.05, 3.63) is 33.3 Å². The molecule has 0 aliphatic carbocycles. The number of benzene rings is 1. The van der Waals surface area contributed by atoms with Crippen LogP contribution >= 0.6 is 11.6 Å². The minimum Gasteiger partial charge on any atom is -0.327 e. The zero-order valence-corrected chi connectivity index (χ0v) is 12.7. The number of hydrogen-bond acceptors (Lipinski definition) is 3. The Labute approximate surface area is 128 Å². The fourth-order valence-electron chi connectivity index (χ4n) is 2.74. The fraction of sp³-hybridized carbons (Fsp3) is 0.500. The number of amides is 1. The second kappa shape index (κ2) is 6.87. The molecule has 2 N–H and O–H groups in total. The smallest absolute Gasteiger partial charge is 0.294 e. The Morgan fingerprint density at radius 3 is 3.00 bits per heavy atom. The van der Waals surface area contributed by atoms with Gasteiger partial charge in [-0.2, -0.15) is 0 Å². The summed E-state index contributed by atoms with van der Waals surface area (Å²) < 4.78 is 0. The topological polar surface area (TPSA) is 76.7 Å². The summed E-state index contributed by atoms with van der Waals surface area (Å²) in [6.45, 7) is 4.46. The van der Waals surface area contributed by atoms with Crippen LogP contribution in [0.5, 0.6) is 0 Å². The third-order valence-corrected chi connectivity index (χ3v) is 3.94. The molecule has 6 nitrogen and oxygen atoms in total. The lowest BCUT2D eigenvalue weighted by Crippen LogP contribution is -3.14. The molecule has 0 saturated carbocycles. The van der Waals surface area contributed by atoms with Gasteiger partial charge in [-0.15, -0.1) is 0 Å². The van der Waals surface area contributed by atoms with Crippen molar-refractivity contribution in [1.29, 1.82) is 0 Å². The molecule has 1 unspecified atom stereocenters. The molecule has 1 saturated heterocycles. The number of likely N-dealkylation sites (tertiary alicyclic amines) is 1. The molecule has 0 radical (unpaired) electrons. The van der Waals surface area contributed by atoms with Gasteiger partial charge in [-0.25, -0.2) is 0 Å². The summed E-state index contributed by atoms with van der Waals surface area (Å²) in [5.74, 6) is 0.413. The van der Waals surface area contributed by atoms with E-state index in [-0.39, 0.29) is 22.3 Å². The van der Waals surface area contributed by atoms with Crippen LogP contribution in [0.3, 0.4) is 0 Å². The lowest BCUT2D eigenvalue weighted by Gasteiger charge is -2.27. The van der Waals surface area contributed by atoms with E-state index in [1.807, 2.05) is 0 Å². The van der Waals surface area contributed by atoms with Crippen LogP contribution in [-0.4, -0.2) is 30.5 Å². The third kappa shape index (κ3) is 4.41. The molecule has 0 spiro atoms. The Morgan fingerprint density at radius 2 is 2.33 bits per heavy atom. The van der Waals surface area contributed by atoms with Gasteiger partial charge in [0.2, 0.25) is 0 Å². The maximum Gasteiger partial charge on any atom is 0.294 e. The number of quaternary nitrogens is 1. The van der Waals surface area contributed by atoms with Crippen LogP contribution in [0.2, 0.25) is 5.02 Å². The van der Waals surface area contributed by atoms with Crippen LogP contribution in [-0.2, 0) is 4.79 Å². The number of carbonyl (C=O) groups is 1. The van der Waals surface area contributed by atoms with Gasteiger partial charge in [0.05, 0.1) is 18.0 Å². The van der Waals surface area contributed by atoms with Crippen LogP contribution in [0.1, 0.15) is 19.8 Å². The van der Waals surface area contributed by atoms with Crippen molar-refractivity contribution in [2.24, 2.45) is 5.92 Å². The number of nitrogens with one attached hydrogen (secondary N) is 2. The predicted octanol–water partition coefficient (Wildman–Crippen LogP) is 1.50. The monoisotopic (exact) mass is 312 g/mol. The van der Waals surface area contributed by atoms with Crippen LogP contribution < -0.4 is 10.2 Å². The molecule has 2 rings (SSSR count). The Balaban J connectivity index is 2.01. The van der Waals surface area contributed by atoms with E-state index in [4.69, 9.17) is 11.6 Å². The van der Waals surface area contributed by atoms with E-state index in [0.29, 0.717) is 12.5 Å². The summed E-state index contributed by atoms with van der Waals surface area (Å²) in [5.41, 5.74) is 0.0109. The Kier molecular flexibility index (Phi) is 5.14. The molecular weight excluding hydrogens is 294 g/mol. The van der Waals surface area contributed by atoms with E-state index >= 15 is 0 Å². The number of rotatable bonds is 4.